The molecular formula is C20H39NaO5S. The van der Waals surface area contributed by atoms with E-state index < -0.39 is 21.8 Å². The summed E-state index contributed by atoms with van der Waals surface area (Å²) in [5.41, 5.74) is 0. The third-order valence-corrected chi connectivity index (χ3v) is 4.82. The van der Waals surface area contributed by atoms with Crippen molar-refractivity contribution in [2.45, 2.75) is 96.8 Å². The molecule has 0 aliphatic carbocycles. The third kappa shape index (κ3) is 26.1. The van der Waals surface area contributed by atoms with Gasteiger partial charge in [0.05, 0.1) is 6.61 Å². The summed E-state index contributed by atoms with van der Waals surface area (Å²) in [6.07, 6.45) is 21.5. The summed E-state index contributed by atoms with van der Waals surface area (Å²) in [4.78, 5) is 11.1. The first-order valence-electron chi connectivity index (χ1n) is 10.2. The van der Waals surface area contributed by atoms with Crippen LogP contribution in [0.4, 0.5) is 0 Å². The van der Waals surface area contributed by atoms with Gasteiger partial charge in [-0.1, -0.05) is 76.9 Å². The number of hydrogen-bond acceptors (Lipinski definition) is 4. The maximum absolute atomic E-state index is 11.1. The second-order valence-corrected chi connectivity index (χ2v) is 8.34. The molecule has 0 aliphatic rings. The van der Waals surface area contributed by atoms with Crippen LogP contribution >= 0.6 is 0 Å². The zero-order valence-corrected chi connectivity index (χ0v) is 17.3. The van der Waals surface area contributed by atoms with E-state index in [0.29, 0.717) is 0 Å². The molecule has 1 N–H and O–H groups in total. The zero-order valence-electron chi connectivity index (χ0n) is 16.5. The van der Waals surface area contributed by atoms with E-state index >= 15 is 0 Å². The van der Waals surface area contributed by atoms with Crippen LogP contribution in [0.1, 0.15) is 96.8 Å². The molecule has 0 saturated heterocycles. The summed E-state index contributed by atoms with van der Waals surface area (Å²) in [6.45, 7) is 2.46. The molecule has 0 saturated carbocycles. The first kappa shape index (κ1) is 29.3. The van der Waals surface area contributed by atoms with Gasteiger partial charge in [-0.2, -0.15) is 8.42 Å². The molecule has 7 heteroatoms. The van der Waals surface area contributed by atoms with Crippen LogP contribution in [0.3, 0.4) is 0 Å². The van der Waals surface area contributed by atoms with E-state index in [-0.39, 0.29) is 36.2 Å². The first-order valence-corrected chi connectivity index (χ1v) is 11.8. The van der Waals surface area contributed by atoms with Crippen molar-refractivity contribution in [3.63, 3.8) is 0 Å². The van der Waals surface area contributed by atoms with Gasteiger partial charge in [-0.15, -0.1) is 0 Å². The number of rotatable bonds is 18. The predicted molar refractivity (Wildman–Crippen MR) is 114 cm³/mol. The van der Waals surface area contributed by atoms with Crippen LogP contribution in [-0.4, -0.2) is 60.9 Å². The van der Waals surface area contributed by atoms with Gasteiger partial charge in [0.15, 0.2) is 5.75 Å². The van der Waals surface area contributed by atoms with Crippen molar-refractivity contribution < 1.29 is 22.5 Å². The van der Waals surface area contributed by atoms with Crippen molar-refractivity contribution in [1.82, 2.24) is 0 Å². The SMILES string of the molecule is CCCCCCCC/C=C\CCCCCCCCOC(=O)CS(=O)(=O)O.[NaH]. The minimum absolute atomic E-state index is 0. The number of unbranched alkanes of at least 4 members (excludes halogenated alkanes) is 12. The Morgan fingerprint density at radius 2 is 1.26 bits per heavy atom. The van der Waals surface area contributed by atoms with Crippen LogP contribution < -0.4 is 0 Å². The van der Waals surface area contributed by atoms with E-state index in [1.807, 2.05) is 0 Å². The van der Waals surface area contributed by atoms with Gasteiger partial charge in [0.2, 0.25) is 0 Å². The Labute approximate surface area is 188 Å². The van der Waals surface area contributed by atoms with Crippen molar-refractivity contribution in [3.05, 3.63) is 12.2 Å². The third-order valence-electron chi connectivity index (χ3n) is 4.22. The fourth-order valence-corrected chi connectivity index (χ4v) is 3.11. The zero-order chi connectivity index (χ0) is 19.5. The standard InChI is InChI=1S/C20H38O5S.Na.H/c1-2-3-4-5-6-7-8-9-10-11-12-13-14-15-16-17-18-25-20(21)19-26(22,23)24;;/h9-10H,2-8,11-19H2,1H3,(H,22,23,24);;/b10-9-;;. The number of carbonyl (C=O) groups is 1. The van der Waals surface area contributed by atoms with Crippen molar-refractivity contribution >= 4 is 45.6 Å². The van der Waals surface area contributed by atoms with Gasteiger partial charge >= 0.3 is 35.5 Å². The molecule has 156 valence electrons. The van der Waals surface area contributed by atoms with Crippen LogP contribution in [0.15, 0.2) is 12.2 Å². The van der Waals surface area contributed by atoms with Crippen LogP contribution in [0.25, 0.3) is 0 Å². The molecule has 27 heavy (non-hydrogen) atoms. The van der Waals surface area contributed by atoms with E-state index in [9.17, 15) is 13.2 Å². The second kappa shape index (κ2) is 20.8. The van der Waals surface area contributed by atoms with Crippen molar-refractivity contribution in [3.8, 4) is 0 Å². The summed E-state index contributed by atoms with van der Waals surface area (Å²) < 4.78 is 34.2. The van der Waals surface area contributed by atoms with E-state index in [4.69, 9.17) is 9.29 Å². The van der Waals surface area contributed by atoms with E-state index in [2.05, 4.69) is 19.1 Å². The van der Waals surface area contributed by atoms with E-state index in [1.165, 1.54) is 64.2 Å². The summed E-state index contributed by atoms with van der Waals surface area (Å²) >= 11 is 0. The fraction of sp³-hybridized carbons (Fsp3) is 0.850. The van der Waals surface area contributed by atoms with Gasteiger partial charge in [-0.3, -0.25) is 9.35 Å². The Balaban J connectivity index is 0. The number of esters is 1. The average Bonchev–Trinajstić information content (AvgIpc) is 2.56. The van der Waals surface area contributed by atoms with E-state index in [1.54, 1.807) is 0 Å². The normalized spacial score (nSPS) is 11.5. The molecule has 0 atom stereocenters. The molecule has 0 unspecified atom stereocenters. The molecular weight excluding hydrogens is 375 g/mol. The molecule has 0 spiro atoms. The summed E-state index contributed by atoms with van der Waals surface area (Å²) in [7, 11) is -4.28. The average molecular weight is 415 g/mol. The maximum atomic E-state index is 11.1. The number of ether oxygens (including phenoxy) is 1. The van der Waals surface area contributed by atoms with Gasteiger partial charge in [0, 0.05) is 0 Å². The molecule has 0 heterocycles. The van der Waals surface area contributed by atoms with Crippen molar-refractivity contribution in [2.75, 3.05) is 12.4 Å². The Kier molecular flexibility index (Phi) is 22.6. The molecule has 0 rings (SSSR count). The molecule has 0 aromatic heterocycles. The van der Waals surface area contributed by atoms with E-state index in [0.717, 1.165) is 25.7 Å². The van der Waals surface area contributed by atoms with Crippen LogP contribution in [0.2, 0.25) is 0 Å². The fourth-order valence-electron chi connectivity index (χ4n) is 2.73. The van der Waals surface area contributed by atoms with Gasteiger partial charge < -0.3 is 4.74 Å². The topological polar surface area (TPSA) is 80.7 Å². The molecule has 0 radical (unpaired) electrons. The van der Waals surface area contributed by atoms with Gasteiger partial charge in [0.1, 0.15) is 0 Å². The van der Waals surface area contributed by atoms with Crippen molar-refractivity contribution in [1.29, 1.82) is 0 Å². The molecule has 0 aromatic rings. The van der Waals surface area contributed by atoms with Crippen molar-refractivity contribution in [2.24, 2.45) is 0 Å². The summed E-state index contributed by atoms with van der Waals surface area (Å²) in [5.74, 6) is -1.85. The molecule has 5 nitrogen and oxygen atoms in total. The van der Waals surface area contributed by atoms with Gasteiger partial charge in [0.25, 0.3) is 10.1 Å². The van der Waals surface area contributed by atoms with Crippen LogP contribution in [-0.2, 0) is 19.6 Å². The predicted octanol–water partition coefficient (Wildman–Crippen LogP) is 4.81. The number of hydrogen-bond donors (Lipinski definition) is 1. The molecule has 0 aliphatic heterocycles. The first-order chi connectivity index (χ1) is 12.5. The quantitative estimate of drug-likeness (QED) is 0.114. The summed E-state index contributed by atoms with van der Waals surface area (Å²) in [5, 5.41) is 0. The molecule has 0 aromatic carbocycles. The van der Waals surface area contributed by atoms with Gasteiger partial charge in [-0.25, -0.2) is 0 Å². The Hall–Kier alpha value is 0.120. The minimum atomic E-state index is -4.28. The molecule has 0 bridgehead atoms. The Morgan fingerprint density at radius 1 is 0.815 bits per heavy atom. The monoisotopic (exact) mass is 414 g/mol. The van der Waals surface area contributed by atoms with Crippen LogP contribution in [0.5, 0.6) is 0 Å². The number of allylic oxidation sites excluding steroid dienone is 2. The van der Waals surface area contributed by atoms with Gasteiger partial charge in [-0.05, 0) is 32.1 Å². The van der Waals surface area contributed by atoms with Crippen LogP contribution in [0, 0.1) is 0 Å². The summed E-state index contributed by atoms with van der Waals surface area (Å²) in [6, 6.07) is 0. The molecule has 0 fully saturated rings. The number of carbonyl (C=O) groups excluding carboxylic acids is 1. The second-order valence-electron chi connectivity index (χ2n) is 6.88. The Bertz CT molecular complexity index is 463. The Morgan fingerprint density at radius 3 is 1.74 bits per heavy atom. The molecule has 0 amide bonds.